The first-order valence-corrected chi connectivity index (χ1v) is 4.49. The number of fused-ring (bicyclic) bond motifs is 1. The Kier molecular flexibility index (Phi) is 3.33. The van der Waals surface area contributed by atoms with E-state index < -0.39 is 0 Å². The van der Waals surface area contributed by atoms with Crippen LogP contribution >= 0.6 is 0 Å². The molecule has 0 fully saturated rings. The summed E-state index contributed by atoms with van der Waals surface area (Å²) in [4.78, 5) is 32.3. The van der Waals surface area contributed by atoms with E-state index in [1.807, 2.05) is 6.79 Å². The van der Waals surface area contributed by atoms with Gasteiger partial charge in [0.25, 0.3) is 11.8 Å². The highest BCUT2D eigenvalue weighted by molar-refractivity contribution is 6.21. The fourth-order valence-corrected chi connectivity index (χ4v) is 1.53. The molecule has 4 nitrogen and oxygen atoms in total. The van der Waals surface area contributed by atoms with Gasteiger partial charge in [0, 0.05) is 6.54 Å². The van der Waals surface area contributed by atoms with Crippen LogP contribution in [0.4, 0.5) is 0 Å². The van der Waals surface area contributed by atoms with Crippen LogP contribution in [0.2, 0.25) is 0 Å². The van der Waals surface area contributed by atoms with Gasteiger partial charge in [-0.15, -0.1) is 0 Å². The first-order valence-electron chi connectivity index (χ1n) is 4.49. The van der Waals surface area contributed by atoms with Gasteiger partial charge in [0.05, 0.1) is 11.1 Å². The second kappa shape index (κ2) is 4.50. The Morgan fingerprint density at radius 1 is 1.07 bits per heavy atom. The number of carbonyl (C=O) groups excluding carboxylic acids is 3. The molecule has 0 unspecified atom stereocenters. The summed E-state index contributed by atoms with van der Waals surface area (Å²) in [5.41, 5.74) is 1.05. The van der Waals surface area contributed by atoms with Crippen LogP contribution in [0.3, 0.4) is 0 Å². The Morgan fingerprint density at radius 3 is 1.80 bits per heavy atom. The lowest BCUT2D eigenvalue weighted by Gasteiger charge is -2.08. The molecule has 78 valence electrons. The molecule has 15 heavy (non-hydrogen) atoms. The quantitative estimate of drug-likeness (QED) is 0.645. The van der Waals surface area contributed by atoms with E-state index in [4.69, 9.17) is 4.79 Å². The molecular weight excluding hydrogens is 194 g/mol. The van der Waals surface area contributed by atoms with Crippen molar-refractivity contribution >= 4 is 18.6 Å². The van der Waals surface area contributed by atoms with Crippen molar-refractivity contribution in [2.75, 3.05) is 6.54 Å². The molecule has 1 aliphatic heterocycles. The molecule has 0 atom stereocenters. The molecule has 2 amide bonds. The van der Waals surface area contributed by atoms with E-state index in [9.17, 15) is 9.59 Å². The molecular formula is C11H11NO3. The van der Waals surface area contributed by atoms with Crippen molar-refractivity contribution in [1.29, 1.82) is 0 Å². The highest BCUT2D eigenvalue weighted by Crippen LogP contribution is 2.21. The average Bonchev–Trinajstić information content (AvgIpc) is 2.55. The molecule has 4 heteroatoms. The van der Waals surface area contributed by atoms with Crippen LogP contribution in [0.25, 0.3) is 0 Å². The van der Waals surface area contributed by atoms with Crippen LogP contribution in [0.1, 0.15) is 27.6 Å². The van der Waals surface area contributed by atoms with E-state index in [1.54, 1.807) is 31.2 Å². The molecule has 0 bridgehead atoms. The number of nitrogens with zero attached hydrogens (tertiary/aromatic N) is 1. The number of carbonyl (C=O) groups is 3. The Bertz CT molecular complexity index is 366. The molecule has 1 heterocycles. The molecule has 2 rings (SSSR count). The fraction of sp³-hybridized carbons (Fsp3) is 0.182. The number of imide groups is 1. The zero-order valence-electron chi connectivity index (χ0n) is 8.40. The van der Waals surface area contributed by atoms with Crippen LogP contribution in [0.15, 0.2) is 24.3 Å². The van der Waals surface area contributed by atoms with E-state index >= 15 is 0 Å². The molecule has 0 spiro atoms. The predicted molar refractivity (Wildman–Crippen MR) is 54.6 cm³/mol. The van der Waals surface area contributed by atoms with Gasteiger partial charge in [-0.3, -0.25) is 14.5 Å². The average molecular weight is 205 g/mol. The first kappa shape index (κ1) is 11.1. The van der Waals surface area contributed by atoms with Crippen molar-refractivity contribution in [2.24, 2.45) is 0 Å². The van der Waals surface area contributed by atoms with E-state index in [0.717, 1.165) is 0 Å². The van der Waals surface area contributed by atoms with Gasteiger partial charge < -0.3 is 4.79 Å². The lowest BCUT2D eigenvalue weighted by atomic mass is 10.1. The minimum Gasteiger partial charge on any atom is -0.307 e. The third-order valence-electron chi connectivity index (χ3n) is 2.19. The van der Waals surface area contributed by atoms with Gasteiger partial charge in [-0.25, -0.2) is 0 Å². The normalized spacial score (nSPS) is 13.3. The zero-order chi connectivity index (χ0) is 11.4. The lowest BCUT2D eigenvalue weighted by molar-refractivity contribution is -0.0980. The summed E-state index contributed by atoms with van der Waals surface area (Å²) in [6.45, 7) is 4.23. The number of rotatable bonds is 1. The van der Waals surface area contributed by atoms with Gasteiger partial charge in [-0.1, -0.05) is 12.1 Å². The zero-order valence-corrected chi connectivity index (χ0v) is 8.40. The highest BCUT2D eigenvalue weighted by atomic mass is 16.2. The number of benzene rings is 1. The molecule has 0 aliphatic carbocycles. The van der Waals surface area contributed by atoms with Crippen molar-refractivity contribution in [3.05, 3.63) is 35.4 Å². The molecule has 1 aromatic rings. The molecule has 1 aliphatic rings. The Morgan fingerprint density at radius 2 is 1.47 bits per heavy atom. The van der Waals surface area contributed by atoms with Gasteiger partial charge in [-0.2, -0.15) is 0 Å². The fourth-order valence-electron chi connectivity index (χ4n) is 1.53. The van der Waals surface area contributed by atoms with Crippen LogP contribution in [-0.4, -0.2) is 30.0 Å². The Labute approximate surface area is 87.5 Å². The summed E-state index contributed by atoms with van der Waals surface area (Å²) in [5.74, 6) is -0.355. The maximum Gasteiger partial charge on any atom is 0.261 e. The van der Waals surface area contributed by atoms with E-state index in [1.165, 1.54) is 4.90 Å². The van der Waals surface area contributed by atoms with Crippen LogP contribution in [-0.2, 0) is 4.79 Å². The number of hydrogen-bond donors (Lipinski definition) is 0. The molecule has 0 N–H and O–H groups in total. The van der Waals surface area contributed by atoms with Crippen molar-refractivity contribution in [3.8, 4) is 0 Å². The number of hydrogen-bond acceptors (Lipinski definition) is 3. The van der Waals surface area contributed by atoms with E-state index in [-0.39, 0.29) is 11.8 Å². The molecule has 0 aromatic heterocycles. The van der Waals surface area contributed by atoms with Crippen LogP contribution < -0.4 is 0 Å². The third kappa shape index (κ3) is 1.66. The van der Waals surface area contributed by atoms with E-state index in [0.29, 0.717) is 17.7 Å². The summed E-state index contributed by atoms with van der Waals surface area (Å²) in [6.07, 6.45) is 0. The molecule has 0 saturated heterocycles. The van der Waals surface area contributed by atoms with Gasteiger partial charge >= 0.3 is 0 Å². The maximum absolute atomic E-state index is 11.5. The molecule has 0 saturated carbocycles. The topological polar surface area (TPSA) is 54.5 Å². The molecule has 1 aromatic carbocycles. The predicted octanol–water partition coefficient (Wildman–Crippen LogP) is 1.12. The number of amides is 2. The van der Waals surface area contributed by atoms with Gasteiger partial charge in [0.1, 0.15) is 6.79 Å². The van der Waals surface area contributed by atoms with Crippen LogP contribution in [0, 0.1) is 0 Å². The van der Waals surface area contributed by atoms with Crippen molar-refractivity contribution in [3.63, 3.8) is 0 Å². The summed E-state index contributed by atoms with van der Waals surface area (Å²) >= 11 is 0. The van der Waals surface area contributed by atoms with Gasteiger partial charge in [-0.05, 0) is 19.1 Å². The van der Waals surface area contributed by atoms with Gasteiger partial charge in [0.2, 0.25) is 0 Å². The summed E-state index contributed by atoms with van der Waals surface area (Å²) in [6, 6.07) is 6.91. The summed E-state index contributed by atoms with van der Waals surface area (Å²) in [5, 5.41) is 0. The Hall–Kier alpha value is -1.97. The van der Waals surface area contributed by atoms with Crippen molar-refractivity contribution in [2.45, 2.75) is 6.92 Å². The third-order valence-corrected chi connectivity index (χ3v) is 2.19. The largest absolute Gasteiger partial charge is 0.307 e. The second-order valence-electron chi connectivity index (χ2n) is 2.90. The molecule has 0 radical (unpaired) electrons. The first-order chi connectivity index (χ1) is 7.25. The monoisotopic (exact) mass is 205 g/mol. The minimum atomic E-state index is -0.178. The maximum atomic E-state index is 11.5. The summed E-state index contributed by atoms with van der Waals surface area (Å²) in [7, 11) is 0. The summed E-state index contributed by atoms with van der Waals surface area (Å²) < 4.78 is 0. The van der Waals surface area contributed by atoms with E-state index in [2.05, 4.69) is 0 Å². The van der Waals surface area contributed by atoms with Gasteiger partial charge in [0.15, 0.2) is 0 Å². The Balaban J connectivity index is 0.000000531. The SMILES string of the molecule is C=O.CCN1C(=O)c2ccccc2C1=O. The van der Waals surface area contributed by atoms with Crippen molar-refractivity contribution in [1.82, 2.24) is 4.90 Å². The highest BCUT2D eigenvalue weighted by Gasteiger charge is 2.33. The van der Waals surface area contributed by atoms with Crippen LogP contribution in [0.5, 0.6) is 0 Å². The second-order valence-corrected chi connectivity index (χ2v) is 2.90. The standard InChI is InChI=1S/C10H9NO2.CH2O/c1-2-11-9(12)7-5-3-4-6-8(7)10(11)13;1-2/h3-6H,2H2,1H3;1H2. The lowest BCUT2D eigenvalue weighted by Crippen LogP contribution is -2.29. The minimum absolute atomic E-state index is 0.178. The van der Waals surface area contributed by atoms with Crippen molar-refractivity contribution < 1.29 is 14.4 Å². The smallest absolute Gasteiger partial charge is 0.261 e.